The van der Waals surface area contributed by atoms with Gasteiger partial charge in [-0.2, -0.15) is 0 Å². The van der Waals surface area contributed by atoms with Gasteiger partial charge in [0.25, 0.3) is 0 Å². The second-order valence-electron chi connectivity index (χ2n) is 5.40. The van der Waals surface area contributed by atoms with Crippen LogP contribution in [0.15, 0.2) is 6.20 Å². The zero-order chi connectivity index (χ0) is 13.0. The molecule has 0 spiro atoms. The Balaban J connectivity index is 2.03. The third-order valence-electron chi connectivity index (χ3n) is 3.86. The monoisotopic (exact) mass is 250 g/mol. The summed E-state index contributed by atoms with van der Waals surface area (Å²) in [6.07, 6.45) is 7.04. The van der Waals surface area contributed by atoms with Gasteiger partial charge in [0.2, 0.25) is 5.95 Å². The Morgan fingerprint density at radius 1 is 1.39 bits per heavy atom. The van der Waals surface area contributed by atoms with Crippen molar-refractivity contribution in [1.29, 1.82) is 0 Å². The fourth-order valence-corrected chi connectivity index (χ4v) is 2.65. The molecule has 0 aliphatic carbocycles. The second-order valence-corrected chi connectivity index (χ2v) is 5.40. The fraction of sp³-hybridized carbons (Fsp3) is 0.786. The van der Waals surface area contributed by atoms with E-state index in [1.165, 1.54) is 25.7 Å². The summed E-state index contributed by atoms with van der Waals surface area (Å²) in [7, 11) is 0. The van der Waals surface area contributed by atoms with E-state index in [1.807, 2.05) is 0 Å². The summed E-state index contributed by atoms with van der Waals surface area (Å²) in [6, 6.07) is 0. The molecule has 0 aromatic carbocycles. The van der Waals surface area contributed by atoms with Gasteiger partial charge in [-0.3, -0.25) is 0 Å². The number of hydrogen-bond donors (Lipinski definition) is 1. The van der Waals surface area contributed by atoms with Crippen LogP contribution in [0.25, 0.3) is 0 Å². The van der Waals surface area contributed by atoms with Crippen molar-refractivity contribution in [2.45, 2.75) is 46.1 Å². The zero-order valence-corrected chi connectivity index (χ0v) is 11.7. The molecule has 1 aromatic heterocycles. The highest BCUT2D eigenvalue weighted by Crippen LogP contribution is 2.22. The Labute approximate surface area is 110 Å². The van der Waals surface area contributed by atoms with Crippen LogP contribution in [0.2, 0.25) is 0 Å². The van der Waals surface area contributed by atoms with Gasteiger partial charge in [0.05, 0.1) is 5.69 Å². The molecule has 1 fully saturated rings. The fourth-order valence-electron chi connectivity index (χ4n) is 2.65. The van der Waals surface area contributed by atoms with E-state index >= 15 is 0 Å². The van der Waals surface area contributed by atoms with Gasteiger partial charge >= 0.3 is 0 Å². The molecule has 2 heterocycles. The number of piperidine rings is 1. The number of imidazole rings is 1. The molecule has 1 saturated heterocycles. The van der Waals surface area contributed by atoms with Crippen LogP contribution in [-0.2, 0) is 6.54 Å². The lowest BCUT2D eigenvalue weighted by molar-refractivity contribution is 0.408. The predicted molar refractivity (Wildman–Crippen MR) is 75.9 cm³/mol. The van der Waals surface area contributed by atoms with Crippen molar-refractivity contribution in [3.8, 4) is 0 Å². The quantitative estimate of drug-likeness (QED) is 0.871. The van der Waals surface area contributed by atoms with Crippen molar-refractivity contribution in [3.63, 3.8) is 0 Å². The summed E-state index contributed by atoms with van der Waals surface area (Å²) in [4.78, 5) is 7.12. The zero-order valence-electron chi connectivity index (χ0n) is 11.7. The Bertz CT molecular complexity index is 364. The van der Waals surface area contributed by atoms with Gasteiger partial charge in [0.1, 0.15) is 0 Å². The van der Waals surface area contributed by atoms with Crippen LogP contribution in [0.1, 0.15) is 38.3 Å². The van der Waals surface area contributed by atoms with Crippen LogP contribution < -0.4 is 10.6 Å². The van der Waals surface area contributed by atoms with Crippen molar-refractivity contribution in [2.75, 3.05) is 24.5 Å². The molecule has 0 amide bonds. The molecule has 4 heteroatoms. The third kappa shape index (κ3) is 3.05. The Morgan fingerprint density at radius 3 is 2.72 bits per heavy atom. The number of unbranched alkanes of at least 4 members (excludes halogenated alkanes) is 1. The van der Waals surface area contributed by atoms with Crippen molar-refractivity contribution in [3.05, 3.63) is 11.9 Å². The number of aromatic nitrogens is 2. The van der Waals surface area contributed by atoms with Crippen LogP contribution in [-0.4, -0.2) is 29.2 Å². The maximum absolute atomic E-state index is 5.75. The molecule has 0 atom stereocenters. The van der Waals surface area contributed by atoms with E-state index in [0.29, 0.717) is 5.92 Å². The maximum atomic E-state index is 5.75. The number of rotatable bonds is 5. The van der Waals surface area contributed by atoms with E-state index in [2.05, 4.69) is 29.5 Å². The molecule has 1 aliphatic rings. The third-order valence-corrected chi connectivity index (χ3v) is 3.86. The van der Waals surface area contributed by atoms with Crippen LogP contribution in [0.3, 0.4) is 0 Å². The lowest BCUT2D eigenvalue weighted by Crippen LogP contribution is -2.37. The van der Waals surface area contributed by atoms with Gasteiger partial charge in [0.15, 0.2) is 0 Å². The van der Waals surface area contributed by atoms with Gasteiger partial charge in [-0.05, 0) is 38.6 Å². The van der Waals surface area contributed by atoms with Gasteiger partial charge in [0, 0.05) is 25.8 Å². The molecular formula is C14H26N4. The van der Waals surface area contributed by atoms with Crippen LogP contribution in [0, 0.1) is 12.8 Å². The summed E-state index contributed by atoms with van der Waals surface area (Å²) in [5.74, 6) is 1.87. The molecule has 0 bridgehead atoms. The molecule has 0 saturated carbocycles. The van der Waals surface area contributed by atoms with Crippen LogP contribution in [0.5, 0.6) is 0 Å². The molecule has 1 aliphatic heterocycles. The minimum Gasteiger partial charge on any atom is -0.342 e. The lowest BCUT2D eigenvalue weighted by atomic mass is 9.97. The number of aryl methyl sites for hydroxylation is 2. The molecule has 2 N–H and O–H groups in total. The van der Waals surface area contributed by atoms with Gasteiger partial charge in [-0.15, -0.1) is 0 Å². The molecular weight excluding hydrogens is 224 g/mol. The molecule has 0 radical (unpaired) electrons. The number of hydrogen-bond acceptors (Lipinski definition) is 3. The number of anilines is 1. The first-order valence-corrected chi connectivity index (χ1v) is 7.23. The lowest BCUT2D eigenvalue weighted by Gasteiger charge is -2.32. The number of nitrogens with zero attached hydrogens (tertiary/aromatic N) is 3. The van der Waals surface area contributed by atoms with Crippen molar-refractivity contribution in [1.82, 2.24) is 9.55 Å². The Hall–Kier alpha value is -1.03. The molecule has 1 aromatic rings. The molecule has 0 unspecified atom stereocenters. The highest BCUT2D eigenvalue weighted by Gasteiger charge is 2.21. The van der Waals surface area contributed by atoms with Gasteiger partial charge < -0.3 is 15.2 Å². The van der Waals surface area contributed by atoms with Crippen molar-refractivity contribution in [2.24, 2.45) is 11.7 Å². The largest absolute Gasteiger partial charge is 0.342 e. The van der Waals surface area contributed by atoms with E-state index in [9.17, 15) is 0 Å². The number of nitrogens with two attached hydrogens (primary N) is 1. The van der Waals surface area contributed by atoms with E-state index in [0.717, 1.165) is 37.8 Å². The summed E-state index contributed by atoms with van der Waals surface area (Å²) in [6.45, 7) is 8.43. The van der Waals surface area contributed by atoms with Gasteiger partial charge in [-0.25, -0.2) is 4.98 Å². The van der Waals surface area contributed by atoms with Crippen LogP contribution in [0.4, 0.5) is 5.95 Å². The van der Waals surface area contributed by atoms with Crippen LogP contribution >= 0.6 is 0 Å². The Morgan fingerprint density at radius 2 is 2.11 bits per heavy atom. The molecule has 102 valence electrons. The van der Waals surface area contributed by atoms with Crippen molar-refractivity contribution < 1.29 is 0 Å². The predicted octanol–water partition coefficient (Wildman–Crippen LogP) is 2.17. The summed E-state index contributed by atoms with van der Waals surface area (Å²) >= 11 is 0. The summed E-state index contributed by atoms with van der Waals surface area (Å²) < 4.78 is 2.32. The SMILES string of the molecule is CCCCn1cc(C)nc1N1CCC(CN)CC1. The van der Waals surface area contributed by atoms with Crippen molar-refractivity contribution >= 4 is 5.95 Å². The van der Waals surface area contributed by atoms with E-state index in [1.54, 1.807) is 0 Å². The Kier molecular flexibility index (Phi) is 4.64. The second kappa shape index (κ2) is 6.23. The highest BCUT2D eigenvalue weighted by molar-refractivity contribution is 5.34. The average Bonchev–Trinajstić information content (AvgIpc) is 2.77. The molecule has 18 heavy (non-hydrogen) atoms. The molecule has 2 rings (SSSR count). The smallest absolute Gasteiger partial charge is 0.205 e. The maximum Gasteiger partial charge on any atom is 0.205 e. The first-order valence-electron chi connectivity index (χ1n) is 7.23. The first kappa shape index (κ1) is 13.4. The minimum absolute atomic E-state index is 0.710. The van der Waals surface area contributed by atoms with E-state index in [-0.39, 0.29) is 0 Å². The minimum atomic E-state index is 0.710. The highest BCUT2D eigenvalue weighted by atomic mass is 15.3. The topological polar surface area (TPSA) is 47.1 Å². The van der Waals surface area contributed by atoms with E-state index in [4.69, 9.17) is 10.7 Å². The summed E-state index contributed by atoms with van der Waals surface area (Å²) in [5.41, 5.74) is 6.87. The normalized spacial score (nSPS) is 17.4. The van der Waals surface area contributed by atoms with E-state index < -0.39 is 0 Å². The standard InChI is InChI=1S/C14H26N4/c1-3-4-7-18-11-12(2)16-14(18)17-8-5-13(10-15)6-9-17/h11,13H,3-10,15H2,1-2H3. The summed E-state index contributed by atoms with van der Waals surface area (Å²) in [5, 5.41) is 0. The average molecular weight is 250 g/mol. The van der Waals surface area contributed by atoms with Gasteiger partial charge in [-0.1, -0.05) is 13.3 Å². The first-order chi connectivity index (χ1) is 8.74. The molecule has 4 nitrogen and oxygen atoms in total.